The van der Waals surface area contributed by atoms with Crippen molar-refractivity contribution >= 4 is 11.6 Å². The number of nitrogens with one attached hydrogen (secondary N) is 1. The fourth-order valence-electron chi connectivity index (χ4n) is 2.31. The van der Waals surface area contributed by atoms with E-state index in [1.165, 1.54) is 0 Å². The zero-order valence-electron chi connectivity index (χ0n) is 16.4. The lowest BCUT2D eigenvalue weighted by atomic mass is 10.1. The smallest absolute Gasteiger partial charge is 0.162 e. The summed E-state index contributed by atoms with van der Waals surface area (Å²) in [6, 6.07) is 7.90. The highest BCUT2D eigenvalue weighted by atomic mass is 35.5. The molecule has 1 aromatic carbocycles. The Bertz CT molecular complexity index is 707. The van der Waals surface area contributed by atoms with E-state index in [2.05, 4.69) is 17.4 Å². The molecule has 1 atom stereocenters. The van der Waals surface area contributed by atoms with Crippen LogP contribution in [0, 0.1) is 0 Å². The van der Waals surface area contributed by atoms with Crippen LogP contribution in [-0.2, 0) is 17.9 Å². The summed E-state index contributed by atoms with van der Waals surface area (Å²) in [5, 5.41) is 8.13. The first-order valence-corrected chi connectivity index (χ1v) is 9.30. The van der Waals surface area contributed by atoms with Crippen molar-refractivity contribution in [2.24, 2.45) is 0 Å². The highest BCUT2D eigenvalue weighted by Gasteiger charge is 2.14. The second-order valence-corrected chi connectivity index (χ2v) is 8.05. The quantitative estimate of drug-likeness (QED) is 0.675. The Kier molecular flexibility index (Phi) is 7.09. The van der Waals surface area contributed by atoms with Gasteiger partial charge in [0.05, 0.1) is 22.4 Å². The van der Waals surface area contributed by atoms with Gasteiger partial charge in [-0.05, 0) is 59.2 Å². The molecule has 26 heavy (non-hydrogen) atoms. The number of halogens is 1. The normalized spacial score (nSPS) is 13.2. The van der Waals surface area contributed by atoms with Crippen molar-refractivity contribution < 1.29 is 14.0 Å². The van der Waals surface area contributed by atoms with Crippen molar-refractivity contribution in [3.8, 4) is 5.75 Å². The number of aromatic nitrogens is 1. The number of nitrogens with zero attached hydrogens (tertiary/aromatic N) is 1. The lowest BCUT2D eigenvalue weighted by Crippen LogP contribution is -2.19. The minimum absolute atomic E-state index is 0.0949. The zero-order valence-corrected chi connectivity index (χ0v) is 17.2. The van der Waals surface area contributed by atoms with E-state index >= 15 is 0 Å². The second kappa shape index (κ2) is 8.89. The summed E-state index contributed by atoms with van der Waals surface area (Å²) in [4.78, 5) is 0. The van der Waals surface area contributed by atoms with Crippen LogP contribution in [0.2, 0.25) is 5.02 Å². The van der Waals surface area contributed by atoms with Crippen LogP contribution in [0.15, 0.2) is 28.8 Å². The van der Waals surface area contributed by atoms with Crippen molar-refractivity contribution in [2.75, 3.05) is 0 Å². The van der Waals surface area contributed by atoms with E-state index < -0.39 is 0 Å². The SMILES string of the molecule is CC(C)Oc1ccc(C(C)NCc2cc(COC(C)(C)C)on2)cc1Cl. The average molecular weight is 381 g/mol. The molecule has 0 amide bonds. The standard InChI is InChI=1S/C20H29ClN2O3/c1-13(2)25-19-8-7-15(9-18(19)21)14(3)22-11-16-10-17(26-23-16)12-24-20(4,5)6/h7-10,13-14,22H,11-12H2,1-6H3. The van der Waals surface area contributed by atoms with Crippen molar-refractivity contribution in [2.45, 2.75) is 72.4 Å². The Morgan fingerprint density at radius 3 is 2.54 bits per heavy atom. The highest BCUT2D eigenvalue weighted by molar-refractivity contribution is 6.32. The third kappa shape index (κ3) is 6.63. The van der Waals surface area contributed by atoms with Gasteiger partial charge in [0.25, 0.3) is 0 Å². The molecule has 0 aliphatic heterocycles. The van der Waals surface area contributed by atoms with Crippen LogP contribution in [0.4, 0.5) is 0 Å². The van der Waals surface area contributed by atoms with Crippen molar-refractivity contribution in [3.63, 3.8) is 0 Å². The topological polar surface area (TPSA) is 56.5 Å². The van der Waals surface area contributed by atoms with E-state index in [4.69, 9.17) is 25.6 Å². The Balaban J connectivity index is 1.89. The number of benzene rings is 1. The van der Waals surface area contributed by atoms with Gasteiger partial charge in [-0.25, -0.2) is 0 Å². The van der Waals surface area contributed by atoms with Gasteiger partial charge in [0.1, 0.15) is 12.4 Å². The minimum atomic E-state index is -0.204. The zero-order chi connectivity index (χ0) is 19.3. The predicted molar refractivity (Wildman–Crippen MR) is 104 cm³/mol. The Morgan fingerprint density at radius 1 is 1.19 bits per heavy atom. The van der Waals surface area contributed by atoms with Crippen LogP contribution in [0.3, 0.4) is 0 Å². The number of rotatable bonds is 8. The molecule has 0 spiro atoms. The molecule has 0 saturated heterocycles. The summed E-state index contributed by atoms with van der Waals surface area (Å²) < 4.78 is 16.7. The second-order valence-electron chi connectivity index (χ2n) is 7.64. The molecule has 2 rings (SSSR count). The first kappa shape index (κ1) is 20.7. The molecule has 0 bridgehead atoms. The number of ether oxygens (including phenoxy) is 2. The van der Waals surface area contributed by atoms with E-state index in [0.717, 1.165) is 17.0 Å². The van der Waals surface area contributed by atoms with Gasteiger partial charge in [-0.2, -0.15) is 0 Å². The first-order chi connectivity index (χ1) is 12.1. The molecular formula is C20H29ClN2O3. The van der Waals surface area contributed by atoms with Gasteiger partial charge in [0.2, 0.25) is 0 Å². The van der Waals surface area contributed by atoms with E-state index in [1.807, 2.05) is 58.9 Å². The van der Waals surface area contributed by atoms with Crippen molar-refractivity contribution in [1.82, 2.24) is 10.5 Å². The summed E-state index contributed by atoms with van der Waals surface area (Å²) >= 11 is 6.32. The van der Waals surface area contributed by atoms with E-state index in [9.17, 15) is 0 Å². The third-order valence-electron chi connectivity index (χ3n) is 3.66. The van der Waals surface area contributed by atoms with Gasteiger partial charge in [-0.3, -0.25) is 0 Å². The molecule has 5 nitrogen and oxygen atoms in total. The molecule has 0 fully saturated rings. The summed E-state index contributed by atoms with van der Waals surface area (Å²) in [5.74, 6) is 1.43. The molecule has 0 aliphatic carbocycles. The number of hydrogen-bond acceptors (Lipinski definition) is 5. The maximum absolute atomic E-state index is 6.32. The molecular weight excluding hydrogens is 352 g/mol. The summed E-state index contributed by atoms with van der Waals surface area (Å²) in [6.07, 6.45) is 0.0949. The Labute approximate surface area is 161 Å². The van der Waals surface area contributed by atoms with E-state index in [-0.39, 0.29) is 17.7 Å². The first-order valence-electron chi connectivity index (χ1n) is 8.92. The van der Waals surface area contributed by atoms with Gasteiger partial charge in [-0.1, -0.05) is 22.8 Å². The maximum atomic E-state index is 6.32. The average Bonchev–Trinajstić information content (AvgIpc) is 2.99. The molecule has 0 radical (unpaired) electrons. The molecule has 6 heteroatoms. The molecule has 2 aromatic rings. The molecule has 0 aliphatic rings. The highest BCUT2D eigenvalue weighted by Crippen LogP contribution is 2.28. The van der Waals surface area contributed by atoms with Crippen LogP contribution in [-0.4, -0.2) is 16.9 Å². The Morgan fingerprint density at radius 2 is 1.92 bits per heavy atom. The lowest BCUT2D eigenvalue weighted by molar-refractivity contribution is -0.0241. The monoisotopic (exact) mass is 380 g/mol. The number of hydrogen-bond donors (Lipinski definition) is 1. The largest absolute Gasteiger partial charge is 0.489 e. The molecule has 1 aromatic heterocycles. The maximum Gasteiger partial charge on any atom is 0.162 e. The summed E-state index contributed by atoms with van der Waals surface area (Å²) in [6.45, 7) is 13.1. The van der Waals surface area contributed by atoms with Crippen molar-refractivity contribution in [3.05, 3.63) is 46.3 Å². The molecule has 1 heterocycles. The fraction of sp³-hybridized carbons (Fsp3) is 0.550. The van der Waals surface area contributed by atoms with Gasteiger partial charge in [-0.15, -0.1) is 0 Å². The van der Waals surface area contributed by atoms with Gasteiger partial charge < -0.3 is 19.3 Å². The van der Waals surface area contributed by atoms with Crippen LogP contribution < -0.4 is 10.1 Å². The fourth-order valence-corrected chi connectivity index (χ4v) is 2.54. The molecule has 144 valence electrons. The van der Waals surface area contributed by atoms with Gasteiger partial charge in [0, 0.05) is 18.7 Å². The third-order valence-corrected chi connectivity index (χ3v) is 3.96. The van der Waals surface area contributed by atoms with Crippen molar-refractivity contribution in [1.29, 1.82) is 0 Å². The molecule has 0 saturated carbocycles. The van der Waals surface area contributed by atoms with Crippen LogP contribution in [0.5, 0.6) is 5.75 Å². The van der Waals surface area contributed by atoms with E-state index in [1.54, 1.807) is 0 Å². The van der Waals surface area contributed by atoms with Gasteiger partial charge >= 0.3 is 0 Å². The van der Waals surface area contributed by atoms with E-state index in [0.29, 0.717) is 23.9 Å². The van der Waals surface area contributed by atoms with Crippen LogP contribution in [0.25, 0.3) is 0 Å². The summed E-state index contributed by atoms with van der Waals surface area (Å²) in [5.41, 5.74) is 1.73. The molecule has 1 unspecified atom stereocenters. The molecule has 1 N–H and O–H groups in total. The van der Waals surface area contributed by atoms with Crippen LogP contribution >= 0.6 is 11.6 Å². The Hall–Kier alpha value is -1.56. The van der Waals surface area contributed by atoms with Gasteiger partial charge in [0.15, 0.2) is 5.76 Å². The van der Waals surface area contributed by atoms with Crippen LogP contribution in [0.1, 0.15) is 64.6 Å². The lowest BCUT2D eigenvalue weighted by Gasteiger charge is -2.17. The summed E-state index contributed by atoms with van der Waals surface area (Å²) in [7, 11) is 0. The minimum Gasteiger partial charge on any atom is -0.489 e. The predicted octanol–water partition coefficient (Wildman–Crippen LogP) is 5.28.